The molecule has 1 aromatic carbocycles. The quantitative estimate of drug-likeness (QED) is 0.556. The zero-order valence-corrected chi connectivity index (χ0v) is 14.5. The van der Waals surface area contributed by atoms with Gasteiger partial charge in [0.15, 0.2) is 0 Å². The van der Waals surface area contributed by atoms with Crippen LogP contribution >= 0.6 is 0 Å². The van der Waals surface area contributed by atoms with Crippen molar-refractivity contribution in [3.8, 4) is 0 Å². The van der Waals surface area contributed by atoms with Gasteiger partial charge in [0.2, 0.25) is 0 Å². The van der Waals surface area contributed by atoms with Gasteiger partial charge < -0.3 is 9.84 Å². The maximum atomic E-state index is 12.0. The van der Waals surface area contributed by atoms with E-state index in [1.165, 1.54) is 12.1 Å². The highest BCUT2D eigenvalue weighted by Gasteiger charge is 2.22. The Bertz CT molecular complexity index is 536. The molecule has 0 aliphatic carbocycles. The molecular weight excluding hydrogens is 304 g/mol. The van der Waals surface area contributed by atoms with Gasteiger partial charge in [-0.05, 0) is 38.3 Å². The highest BCUT2D eigenvalue weighted by atomic mass is 32.2. The predicted octanol–water partition coefficient (Wildman–Crippen LogP) is 3.21. The number of aliphatic hydroxyl groups excluding tert-OH is 1. The number of aliphatic hydroxyl groups is 1. The van der Waals surface area contributed by atoms with Crippen LogP contribution < -0.4 is 0 Å². The van der Waals surface area contributed by atoms with E-state index in [1.807, 2.05) is 6.92 Å². The van der Waals surface area contributed by atoms with Crippen LogP contribution in [-0.2, 0) is 19.0 Å². The minimum atomic E-state index is -4.03. The normalized spacial score (nSPS) is 15.0. The van der Waals surface area contributed by atoms with E-state index in [0.717, 1.165) is 24.8 Å². The number of hydrogen-bond acceptors (Lipinski definition) is 5. The number of hydrogen-bond donors (Lipinski definition) is 1. The van der Waals surface area contributed by atoms with Crippen molar-refractivity contribution in [2.45, 2.75) is 64.4 Å². The van der Waals surface area contributed by atoms with Gasteiger partial charge in [-0.2, -0.15) is 8.42 Å². The van der Waals surface area contributed by atoms with Crippen molar-refractivity contribution < 1.29 is 22.4 Å². The summed E-state index contributed by atoms with van der Waals surface area (Å²) in [6.45, 7) is 6.12. The molecule has 0 radical (unpaired) electrons. The number of rotatable bonds is 9. The Kier molecular flexibility index (Phi) is 7.48. The Balaban J connectivity index is 2.49. The molecular formula is C16H26O5S. The average molecular weight is 330 g/mol. The van der Waals surface area contributed by atoms with Gasteiger partial charge >= 0.3 is 10.1 Å². The molecule has 5 nitrogen and oxygen atoms in total. The number of aryl methyl sites for hydroxylation is 1. The van der Waals surface area contributed by atoms with Crippen molar-refractivity contribution >= 4 is 10.1 Å². The fourth-order valence-corrected chi connectivity index (χ4v) is 2.81. The van der Waals surface area contributed by atoms with Gasteiger partial charge in [0, 0.05) is 0 Å². The summed E-state index contributed by atoms with van der Waals surface area (Å²) < 4.78 is 33.8. The zero-order valence-electron chi connectivity index (χ0n) is 13.7. The van der Waals surface area contributed by atoms with E-state index in [9.17, 15) is 13.5 Å². The molecule has 0 saturated heterocycles. The lowest BCUT2D eigenvalue weighted by molar-refractivity contribution is -0.235. The smallest absolute Gasteiger partial charge is 0.301 e. The zero-order chi connectivity index (χ0) is 16.8. The molecule has 0 aliphatic heterocycles. The molecule has 22 heavy (non-hydrogen) atoms. The third-order valence-corrected chi connectivity index (χ3v) is 4.53. The van der Waals surface area contributed by atoms with E-state index in [4.69, 9.17) is 4.74 Å². The van der Waals surface area contributed by atoms with Crippen molar-refractivity contribution in [2.75, 3.05) is 0 Å². The summed E-state index contributed by atoms with van der Waals surface area (Å²) in [6.07, 6.45) is 2.48. The molecule has 0 amide bonds. The van der Waals surface area contributed by atoms with Crippen LogP contribution in [0, 0.1) is 12.8 Å². The van der Waals surface area contributed by atoms with Gasteiger partial charge in [0.25, 0.3) is 6.48 Å². The molecule has 0 bridgehead atoms. The molecule has 126 valence electrons. The third-order valence-electron chi connectivity index (χ3n) is 3.26. The van der Waals surface area contributed by atoms with Crippen molar-refractivity contribution in [3.63, 3.8) is 0 Å². The second-order valence-electron chi connectivity index (χ2n) is 5.94. The van der Waals surface area contributed by atoms with E-state index in [0.29, 0.717) is 5.92 Å². The molecule has 2 unspecified atom stereocenters. The fraction of sp³-hybridized carbons (Fsp3) is 0.625. The molecule has 0 aliphatic rings. The Morgan fingerprint density at radius 1 is 1.09 bits per heavy atom. The van der Waals surface area contributed by atoms with Crippen LogP contribution in [0.15, 0.2) is 29.2 Å². The molecule has 1 rings (SSSR count). The van der Waals surface area contributed by atoms with Gasteiger partial charge in [-0.25, -0.2) is 4.18 Å². The molecule has 0 aromatic heterocycles. The SMILES string of the molecule is Cc1ccc(S(=O)(=O)OC(O)OC(C)CCCC(C)C)cc1. The molecule has 1 N–H and O–H groups in total. The Morgan fingerprint density at radius 2 is 1.68 bits per heavy atom. The van der Waals surface area contributed by atoms with Crippen molar-refractivity contribution in [2.24, 2.45) is 5.92 Å². The van der Waals surface area contributed by atoms with E-state index in [1.54, 1.807) is 19.1 Å². The monoisotopic (exact) mass is 330 g/mol. The molecule has 0 saturated carbocycles. The minimum Gasteiger partial charge on any atom is -0.345 e. The standard InChI is InChI=1S/C16H26O5S/c1-12(2)6-5-7-14(4)20-16(17)21-22(18,19)15-10-8-13(3)9-11-15/h8-12,14,16-17H,5-7H2,1-4H3. The van der Waals surface area contributed by atoms with E-state index >= 15 is 0 Å². The van der Waals surface area contributed by atoms with Crippen LogP contribution in [-0.4, -0.2) is 26.1 Å². The summed E-state index contributed by atoms with van der Waals surface area (Å²) in [5, 5.41) is 9.66. The summed E-state index contributed by atoms with van der Waals surface area (Å²) in [6, 6.07) is 6.20. The van der Waals surface area contributed by atoms with E-state index in [2.05, 4.69) is 18.0 Å². The van der Waals surface area contributed by atoms with Crippen molar-refractivity contribution in [3.05, 3.63) is 29.8 Å². The first kappa shape index (κ1) is 19.1. The Labute approximate surface area is 133 Å². The lowest BCUT2D eigenvalue weighted by Gasteiger charge is -2.18. The van der Waals surface area contributed by atoms with E-state index in [-0.39, 0.29) is 11.0 Å². The number of ether oxygens (including phenoxy) is 1. The molecule has 0 spiro atoms. The number of benzene rings is 1. The van der Waals surface area contributed by atoms with Gasteiger partial charge in [-0.3, -0.25) is 0 Å². The Hall–Kier alpha value is -0.950. The molecule has 6 heteroatoms. The lowest BCUT2D eigenvalue weighted by Crippen LogP contribution is -2.25. The van der Waals surface area contributed by atoms with Crippen molar-refractivity contribution in [1.82, 2.24) is 0 Å². The van der Waals surface area contributed by atoms with Gasteiger partial charge in [-0.1, -0.05) is 44.4 Å². The van der Waals surface area contributed by atoms with Gasteiger partial charge in [-0.15, -0.1) is 0 Å². The molecule has 1 aromatic rings. The van der Waals surface area contributed by atoms with Gasteiger partial charge in [0.1, 0.15) is 0 Å². The average Bonchev–Trinajstić information content (AvgIpc) is 2.37. The first-order valence-corrected chi connectivity index (χ1v) is 8.95. The summed E-state index contributed by atoms with van der Waals surface area (Å²) in [5.41, 5.74) is 0.939. The maximum Gasteiger partial charge on any atom is 0.301 e. The van der Waals surface area contributed by atoms with Crippen LogP contribution in [0.25, 0.3) is 0 Å². The molecule has 2 atom stereocenters. The summed E-state index contributed by atoms with van der Waals surface area (Å²) in [7, 11) is -4.03. The minimum absolute atomic E-state index is 0.00629. The van der Waals surface area contributed by atoms with E-state index < -0.39 is 16.6 Å². The first-order chi connectivity index (χ1) is 10.2. The predicted molar refractivity (Wildman–Crippen MR) is 84.7 cm³/mol. The van der Waals surface area contributed by atoms with Crippen LogP contribution in [0.1, 0.15) is 45.6 Å². The van der Waals surface area contributed by atoms with Crippen LogP contribution in [0.5, 0.6) is 0 Å². The van der Waals surface area contributed by atoms with Crippen LogP contribution in [0.2, 0.25) is 0 Å². The highest BCUT2D eigenvalue weighted by Crippen LogP contribution is 2.17. The largest absolute Gasteiger partial charge is 0.345 e. The summed E-state index contributed by atoms with van der Waals surface area (Å²) in [4.78, 5) is -0.00629. The summed E-state index contributed by atoms with van der Waals surface area (Å²) in [5.74, 6) is 0.607. The topological polar surface area (TPSA) is 72.8 Å². The van der Waals surface area contributed by atoms with Gasteiger partial charge in [0.05, 0.1) is 11.0 Å². The summed E-state index contributed by atoms with van der Waals surface area (Å²) >= 11 is 0. The van der Waals surface area contributed by atoms with Crippen LogP contribution in [0.4, 0.5) is 0 Å². The first-order valence-electron chi connectivity index (χ1n) is 7.54. The fourth-order valence-electron chi connectivity index (χ4n) is 1.97. The lowest BCUT2D eigenvalue weighted by atomic mass is 10.0. The van der Waals surface area contributed by atoms with Crippen LogP contribution in [0.3, 0.4) is 0 Å². The Morgan fingerprint density at radius 3 is 2.23 bits per heavy atom. The molecule has 0 heterocycles. The highest BCUT2D eigenvalue weighted by molar-refractivity contribution is 7.86. The second-order valence-corrected chi connectivity index (χ2v) is 7.51. The van der Waals surface area contributed by atoms with Crippen molar-refractivity contribution in [1.29, 1.82) is 0 Å². The third kappa shape index (κ3) is 6.87. The maximum absolute atomic E-state index is 12.0. The molecule has 0 fully saturated rings. The second kappa shape index (κ2) is 8.62.